The van der Waals surface area contributed by atoms with Gasteiger partial charge in [-0.15, -0.1) is 0 Å². The van der Waals surface area contributed by atoms with E-state index in [4.69, 9.17) is 11.6 Å². The van der Waals surface area contributed by atoms with Gasteiger partial charge in [0, 0.05) is 17.1 Å². The largest absolute Gasteiger partial charge is 0.336 e. The Morgan fingerprint density at radius 1 is 1.27 bits per heavy atom. The average Bonchev–Trinajstić information content (AvgIpc) is 2.84. The van der Waals surface area contributed by atoms with Crippen LogP contribution in [0.2, 0.25) is 5.02 Å². The highest BCUT2D eigenvalue weighted by molar-refractivity contribution is 9.10. The molecule has 1 N–H and O–H groups in total. The predicted octanol–water partition coefficient (Wildman–Crippen LogP) is 5.40. The molecule has 4 nitrogen and oxygen atoms in total. The first-order chi connectivity index (χ1) is 12.3. The standard InChI is InChI=1S/C18H13BrClF2N3O/c1-9-15(17(26)11-7-6-10(21)8-12(11)19)18(25(2)24-9)23-16-13(20)4-3-5-14(16)22/h3-8,23H,1-2H3. The van der Waals surface area contributed by atoms with Gasteiger partial charge in [-0.3, -0.25) is 9.48 Å². The third-order valence-electron chi connectivity index (χ3n) is 3.83. The van der Waals surface area contributed by atoms with E-state index >= 15 is 0 Å². The number of hydrogen-bond donors (Lipinski definition) is 1. The molecule has 0 saturated carbocycles. The van der Waals surface area contributed by atoms with Crippen LogP contribution in [0.1, 0.15) is 21.6 Å². The molecule has 0 spiro atoms. The van der Waals surface area contributed by atoms with Crippen molar-refractivity contribution in [2.45, 2.75) is 6.92 Å². The van der Waals surface area contributed by atoms with Crippen molar-refractivity contribution in [2.24, 2.45) is 7.05 Å². The summed E-state index contributed by atoms with van der Waals surface area (Å²) in [5.41, 5.74) is 1.01. The van der Waals surface area contributed by atoms with Gasteiger partial charge in [0.25, 0.3) is 0 Å². The summed E-state index contributed by atoms with van der Waals surface area (Å²) in [6, 6.07) is 8.07. The van der Waals surface area contributed by atoms with Crippen LogP contribution >= 0.6 is 27.5 Å². The number of benzene rings is 2. The van der Waals surface area contributed by atoms with Crippen LogP contribution in [0.25, 0.3) is 0 Å². The lowest BCUT2D eigenvalue weighted by atomic mass is 10.0. The summed E-state index contributed by atoms with van der Waals surface area (Å²) >= 11 is 9.27. The fraction of sp³-hybridized carbons (Fsp3) is 0.111. The van der Waals surface area contributed by atoms with Crippen LogP contribution in [0.5, 0.6) is 0 Å². The number of rotatable bonds is 4. The highest BCUT2D eigenvalue weighted by Crippen LogP contribution is 2.32. The van der Waals surface area contributed by atoms with Gasteiger partial charge in [0.2, 0.25) is 0 Å². The molecule has 8 heteroatoms. The molecule has 0 radical (unpaired) electrons. The molecule has 0 saturated heterocycles. The van der Waals surface area contributed by atoms with E-state index in [1.165, 1.54) is 41.1 Å². The van der Waals surface area contributed by atoms with Crippen molar-refractivity contribution in [3.05, 3.63) is 74.3 Å². The molecule has 0 atom stereocenters. The predicted molar refractivity (Wildman–Crippen MR) is 100 cm³/mol. The van der Waals surface area contributed by atoms with Gasteiger partial charge in [0.05, 0.1) is 22.0 Å². The Bertz CT molecular complexity index is 1000. The van der Waals surface area contributed by atoms with E-state index in [0.717, 1.165) is 0 Å². The molecular weight excluding hydrogens is 428 g/mol. The normalized spacial score (nSPS) is 10.8. The maximum absolute atomic E-state index is 14.1. The molecule has 0 aliphatic rings. The van der Waals surface area contributed by atoms with Gasteiger partial charge in [-0.2, -0.15) is 5.10 Å². The molecule has 26 heavy (non-hydrogen) atoms. The van der Waals surface area contributed by atoms with E-state index in [-0.39, 0.29) is 33.4 Å². The van der Waals surface area contributed by atoms with Gasteiger partial charge in [0.15, 0.2) is 5.78 Å². The molecule has 1 heterocycles. The topological polar surface area (TPSA) is 46.9 Å². The highest BCUT2D eigenvalue weighted by atomic mass is 79.9. The van der Waals surface area contributed by atoms with Crippen LogP contribution in [0.15, 0.2) is 40.9 Å². The van der Waals surface area contributed by atoms with Crippen LogP contribution in [-0.4, -0.2) is 15.6 Å². The van der Waals surface area contributed by atoms with Crippen molar-refractivity contribution in [3.63, 3.8) is 0 Å². The first-order valence-corrected chi connectivity index (χ1v) is 8.71. The maximum atomic E-state index is 14.1. The van der Waals surface area contributed by atoms with Crippen molar-refractivity contribution in [1.82, 2.24) is 9.78 Å². The number of anilines is 2. The Morgan fingerprint density at radius 3 is 2.65 bits per heavy atom. The summed E-state index contributed by atoms with van der Waals surface area (Å²) in [5, 5.41) is 7.27. The molecule has 2 aromatic carbocycles. The number of aromatic nitrogens is 2. The Morgan fingerprint density at radius 2 is 2.00 bits per heavy atom. The second-order valence-electron chi connectivity index (χ2n) is 5.61. The molecule has 0 aliphatic heterocycles. The van der Waals surface area contributed by atoms with Crippen LogP contribution in [-0.2, 0) is 7.05 Å². The van der Waals surface area contributed by atoms with Crippen LogP contribution < -0.4 is 5.32 Å². The second-order valence-corrected chi connectivity index (χ2v) is 6.87. The van der Waals surface area contributed by atoms with Crippen molar-refractivity contribution in [1.29, 1.82) is 0 Å². The first-order valence-electron chi connectivity index (χ1n) is 7.54. The minimum absolute atomic E-state index is 0.0457. The van der Waals surface area contributed by atoms with E-state index in [2.05, 4.69) is 26.3 Å². The minimum Gasteiger partial charge on any atom is -0.336 e. The summed E-state index contributed by atoms with van der Waals surface area (Å²) in [7, 11) is 1.63. The van der Waals surface area contributed by atoms with Gasteiger partial charge in [0.1, 0.15) is 17.5 Å². The SMILES string of the molecule is Cc1nn(C)c(Nc2c(F)cccc2Cl)c1C(=O)c1ccc(F)cc1Br. The average molecular weight is 441 g/mol. The molecule has 0 bridgehead atoms. The van der Waals surface area contributed by atoms with Crippen molar-refractivity contribution < 1.29 is 13.6 Å². The van der Waals surface area contributed by atoms with Crippen molar-refractivity contribution >= 4 is 44.8 Å². The second kappa shape index (κ2) is 7.17. The van der Waals surface area contributed by atoms with E-state index in [0.29, 0.717) is 10.2 Å². The third-order valence-corrected chi connectivity index (χ3v) is 4.80. The minimum atomic E-state index is -0.558. The van der Waals surface area contributed by atoms with E-state index in [1.807, 2.05) is 0 Å². The van der Waals surface area contributed by atoms with Gasteiger partial charge < -0.3 is 5.32 Å². The van der Waals surface area contributed by atoms with Gasteiger partial charge >= 0.3 is 0 Å². The fourth-order valence-electron chi connectivity index (χ4n) is 2.62. The molecule has 0 unspecified atom stereocenters. The number of para-hydroxylation sites is 1. The number of carbonyl (C=O) groups excluding carboxylic acids is 1. The summed E-state index contributed by atoms with van der Waals surface area (Å²) in [6.07, 6.45) is 0. The number of aryl methyl sites for hydroxylation is 2. The molecule has 134 valence electrons. The van der Waals surface area contributed by atoms with Gasteiger partial charge in [-0.25, -0.2) is 8.78 Å². The monoisotopic (exact) mass is 439 g/mol. The Labute approximate surface area is 161 Å². The molecule has 3 aromatic rings. The van der Waals surface area contributed by atoms with Crippen LogP contribution in [0.3, 0.4) is 0 Å². The van der Waals surface area contributed by atoms with E-state index in [9.17, 15) is 13.6 Å². The van der Waals surface area contributed by atoms with Crippen LogP contribution in [0, 0.1) is 18.6 Å². The Kier molecular flexibility index (Phi) is 5.11. The Balaban J connectivity index is 2.10. The maximum Gasteiger partial charge on any atom is 0.199 e. The van der Waals surface area contributed by atoms with E-state index < -0.39 is 11.6 Å². The fourth-order valence-corrected chi connectivity index (χ4v) is 3.36. The number of nitrogens with one attached hydrogen (secondary N) is 1. The zero-order valence-electron chi connectivity index (χ0n) is 13.8. The van der Waals surface area contributed by atoms with Crippen LogP contribution in [0.4, 0.5) is 20.3 Å². The zero-order chi connectivity index (χ0) is 19.0. The summed E-state index contributed by atoms with van der Waals surface area (Å²) in [4.78, 5) is 13.0. The molecule has 0 fully saturated rings. The quantitative estimate of drug-likeness (QED) is 0.553. The number of ketones is 1. The van der Waals surface area contributed by atoms with Crippen molar-refractivity contribution in [3.8, 4) is 0 Å². The highest BCUT2D eigenvalue weighted by Gasteiger charge is 2.24. The van der Waals surface area contributed by atoms with E-state index in [1.54, 1.807) is 14.0 Å². The third kappa shape index (κ3) is 3.37. The number of hydrogen-bond acceptors (Lipinski definition) is 3. The summed E-state index contributed by atoms with van der Waals surface area (Å²) < 4.78 is 29.2. The zero-order valence-corrected chi connectivity index (χ0v) is 16.1. The smallest absolute Gasteiger partial charge is 0.199 e. The molecular formula is C18H13BrClF2N3O. The lowest BCUT2D eigenvalue weighted by Gasteiger charge is -2.12. The summed E-state index contributed by atoms with van der Waals surface area (Å²) in [5.74, 6) is -1.11. The summed E-state index contributed by atoms with van der Waals surface area (Å²) in [6.45, 7) is 1.67. The van der Waals surface area contributed by atoms with Crippen molar-refractivity contribution in [2.75, 3.05) is 5.32 Å². The number of halogens is 4. The lowest BCUT2D eigenvalue weighted by Crippen LogP contribution is -2.09. The Hall–Kier alpha value is -2.25. The molecule has 0 amide bonds. The lowest BCUT2D eigenvalue weighted by molar-refractivity contribution is 0.103. The molecule has 3 rings (SSSR count). The molecule has 1 aromatic heterocycles. The first kappa shape index (κ1) is 18.5. The number of carbonyl (C=O) groups is 1. The molecule has 0 aliphatic carbocycles. The van der Waals surface area contributed by atoms with Gasteiger partial charge in [-0.1, -0.05) is 17.7 Å². The van der Waals surface area contributed by atoms with Gasteiger partial charge in [-0.05, 0) is 53.2 Å². The number of nitrogens with zero attached hydrogens (tertiary/aromatic N) is 2.